The number of nitriles is 1. The van der Waals surface area contributed by atoms with E-state index in [0.29, 0.717) is 13.0 Å². The molecule has 2 aliphatic rings. The standard InChI is InChI=1S/C34H34ClF3N6O5S/c1-33(2,3)49-32(46)43-30-20(14-39)24-18(6-7-22(37)28(24)50-30)25-21(35)12-19-27(26(25)38)41-31(42-29(19)40-10-8-23(45)47-4)48-16-34-9-5-11-44(34)15-17(36)13-34/h6-7,12,17H,5,8-11,13,15-16H2,1-4H3,(H,43,46)(H,40,41,42)/t17-,34+/m1/s1. The van der Waals surface area contributed by atoms with Crippen molar-refractivity contribution in [3.05, 3.63) is 40.4 Å². The maximum Gasteiger partial charge on any atom is 0.412 e. The second kappa shape index (κ2) is 13.7. The van der Waals surface area contributed by atoms with E-state index >= 15 is 8.78 Å². The first-order valence-electron chi connectivity index (χ1n) is 15.9. The molecule has 2 aromatic heterocycles. The van der Waals surface area contributed by atoms with Gasteiger partial charge in [0.1, 0.15) is 46.6 Å². The summed E-state index contributed by atoms with van der Waals surface area (Å²) < 4.78 is 62.6. The van der Waals surface area contributed by atoms with Crippen molar-refractivity contribution in [3.8, 4) is 23.2 Å². The van der Waals surface area contributed by atoms with Crippen molar-refractivity contribution in [2.24, 2.45) is 0 Å². The van der Waals surface area contributed by atoms with E-state index in [2.05, 4.69) is 25.5 Å². The number of carbonyl (C=O) groups is 2. The molecule has 0 unspecified atom stereocenters. The predicted octanol–water partition coefficient (Wildman–Crippen LogP) is 7.59. The van der Waals surface area contributed by atoms with Crippen LogP contribution in [-0.2, 0) is 14.3 Å². The van der Waals surface area contributed by atoms with Gasteiger partial charge in [0.05, 0.1) is 34.4 Å². The number of methoxy groups -OCH3 is 1. The molecule has 2 saturated heterocycles. The lowest BCUT2D eigenvalue weighted by Gasteiger charge is -2.30. The number of anilines is 2. The molecule has 0 aliphatic carbocycles. The number of rotatable bonds is 9. The summed E-state index contributed by atoms with van der Waals surface area (Å²) in [5, 5.41) is 15.8. The Morgan fingerprint density at radius 1 is 1.26 bits per heavy atom. The monoisotopic (exact) mass is 730 g/mol. The summed E-state index contributed by atoms with van der Waals surface area (Å²) in [5.41, 5.74) is -1.78. The molecule has 2 N–H and O–H groups in total. The van der Waals surface area contributed by atoms with Gasteiger partial charge in [0.15, 0.2) is 5.82 Å². The van der Waals surface area contributed by atoms with Crippen molar-refractivity contribution in [1.29, 1.82) is 5.26 Å². The van der Waals surface area contributed by atoms with Gasteiger partial charge in [-0.25, -0.2) is 18.0 Å². The van der Waals surface area contributed by atoms with E-state index in [0.717, 1.165) is 36.8 Å². The van der Waals surface area contributed by atoms with Gasteiger partial charge in [0.2, 0.25) is 0 Å². The fourth-order valence-electron chi connectivity index (χ4n) is 6.63. The quantitative estimate of drug-likeness (QED) is 0.166. The Morgan fingerprint density at radius 2 is 2.04 bits per heavy atom. The Bertz CT molecular complexity index is 2050. The predicted molar refractivity (Wildman–Crippen MR) is 184 cm³/mol. The lowest BCUT2D eigenvalue weighted by Crippen LogP contribution is -2.43. The first-order valence-corrected chi connectivity index (χ1v) is 17.1. The molecule has 16 heteroatoms. The first-order chi connectivity index (χ1) is 23.7. The number of hydrogen-bond acceptors (Lipinski definition) is 11. The van der Waals surface area contributed by atoms with Crippen molar-refractivity contribution in [3.63, 3.8) is 0 Å². The molecular weight excluding hydrogens is 697 g/mol. The van der Waals surface area contributed by atoms with Crippen LogP contribution in [0.3, 0.4) is 0 Å². The van der Waals surface area contributed by atoms with Gasteiger partial charge in [-0.15, -0.1) is 11.3 Å². The summed E-state index contributed by atoms with van der Waals surface area (Å²) >= 11 is 7.55. The number of nitrogens with zero attached hydrogens (tertiary/aromatic N) is 4. The summed E-state index contributed by atoms with van der Waals surface area (Å²) in [7, 11) is 1.26. The third kappa shape index (κ3) is 6.84. The van der Waals surface area contributed by atoms with Crippen LogP contribution in [-0.4, -0.2) is 77.6 Å². The third-order valence-corrected chi connectivity index (χ3v) is 10.1. The van der Waals surface area contributed by atoms with E-state index in [4.69, 9.17) is 25.8 Å². The van der Waals surface area contributed by atoms with Crippen LogP contribution in [0.1, 0.15) is 52.0 Å². The number of carbonyl (C=O) groups excluding carboxylic acids is 2. The van der Waals surface area contributed by atoms with Crippen LogP contribution in [0.15, 0.2) is 18.2 Å². The SMILES string of the molecule is COC(=O)CCNc1nc(OC[C@@]23CCCN2C[C@H](F)C3)nc2c(F)c(-c3ccc(F)c4sc(NC(=O)OC(C)(C)C)c(C#N)c34)c(Cl)cc12. The highest BCUT2D eigenvalue weighted by molar-refractivity contribution is 7.23. The largest absolute Gasteiger partial charge is 0.469 e. The highest BCUT2D eigenvalue weighted by Gasteiger charge is 2.49. The number of esters is 1. The molecule has 4 heterocycles. The topological polar surface area (TPSA) is 139 Å². The number of benzene rings is 2. The molecule has 6 rings (SSSR count). The zero-order valence-electron chi connectivity index (χ0n) is 27.7. The van der Waals surface area contributed by atoms with Crippen molar-refractivity contribution < 1.29 is 37.0 Å². The van der Waals surface area contributed by atoms with Crippen LogP contribution in [0.5, 0.6) is 6.01 Å². The van der Waals surface area contributed by atoms with Crippen LogP contribution >= 0.6 is 22.9 Å². The number of fused-ring (bicyclic) bond motifs is 3. The van der Waals surface area contributed by atoms with Gasteiger partial charge in [0, 0.05) is 35.8 Å². The molecule has 1 amide bonds. The van der Waals surface area contributed by atoms with E-state index in [1.54, 1.807) is 20.8 Å². The van der Waals surface area contributed by atoms with Gasteiger partial charge in [-0.3, -0.25) is 15.0 Å². The smallest absolute Gasteiger partial charge is 0.412 e. The Labute approximate surface area is 294 Å². The fourth-order valence-corrected chi connectivity index (χ4v) is 7.99. The molecule has 2 aliphatic heterocycles. The molecule has 0 bridgehead atoms. The van der Waals surface area contributed by atoms with Gasteiger partial charge in [-0.05, 0) is 57.9 Å². The van der Waals surface area contributed by atoms with Crippen LogP contribution in [0.25, 0.3) is 32.1 Å². The lowest BCUT2D eigenvalue weighted by atomic mass is 9.95. The Morgan fingerprint density at radius 3 is 2.76 bits per heavy atom. The molecule has 0 radical (unpaired) electrons. The van der Waals surface area contributed by atoms with Crippen molar-refractivity contribution in [2.45, 2.75) is 63.8 Å². The molecule has 4 aromatic rings. The molecule has 264 valence electrons. The highest BCUT2D eigenvalue weighted by atomic mass is 35.5. The van der Waals surface area contributed by atoms with Crippen molar-refractivity contribution in [1.82, 2.24) is 14.9 Å². The summed E-state index contributed by atoms with van der Waals surface area (Å²) in [4.78, 5) is 35.3. The van der Waals surface area contributed by atoms with Crippen molar-refractivity contribution >= 4 is 66.8 Å². The molecule has 2 fully saturated rings. The molecule has 0 saturated carbocycles. The minimum atomic E-state index is -0.989. The summed E-state index contributed by atoms with van der Waals surface area (Å²) in [6.07, 6.45) is 0.0503. The molecular formula is C34H34ClF3N6O5S. The number of amides is 1. The first kappa shape index (κ1) is 35.4. The zero-order valence-corrected chi connectivity index (χ0v) is 29.3. The number of alkyl halides is 1. The third-order valence-electron chi connectivity index (χ3n) is 8.73. The van der Waals surface area contributed by atoms with Gasteiger partial charge in [0.25, 0.3) is 0 Å². The van der Waals surface area contributed by atoms with Gasteiger partial charge in [-0.1, -0.05) is 17.7 Å². The maximum atomic E-state index is 16.9. The minimum absolute atomic E-state index is 0.0123. The average molecular weight is 731 g/mol. The van der Waals surface area contributed by atoms with E-state index in [1.807, 2.05) is 6.07 Å². The maximum absolute atomic E-state index is 16.9. The van der Waals surface area contributed by atoms with E-state index in [1.165, 1.54) is 19.2 Å². The number of hydrogen-bond donors (Lipinski definition) is 2. The van der Waals surface area contributed by atoms with Crippen molar-refractivity contribution in [2.75, 3.05) is 44.0 Å². The summed E-state index contributed by atoms with van der Waals surface area (Å²) in [6.45, 7) is 6.22. The van der Waals surface area contributed by atoms with Gasteiger partial charge < -0.3 is 19.5 Å². The average Bonchev–Trinajstić information content (AvgIpc) is 3.70. The Balaban J connectivity index is 1.46. The van der Waals surface area contributed by atoms with Crippen LogP contribution in [0.2, 0.25) is 5.02 Å². The number of aromatic nitrogens is 2. The molecule has 50 heavy (non-hydrogen) atoms. The zero-order chi connectivity index (χ0) is 36.0. The summed E-state index contributed by atoms with van der Waals surface area (Å²) in [6, 6.07) is 5.66. The second-order valence-electron chi connectivity index (χ2n) is 13.3. The van der Waals surface area contributed by atoms with Crippen LogP contribution in [0, 0.1) is 23.0 Å². The van der Waals surface area contributed by atoms with E-state index in [9.17, 15) is 19.2 Å². The number of ether oxygens (including phenoxy) is 3. The molecule has 2 atom stereocenters. The second-order valence-corrected chi connectivity index (χ2v) is 14.7. The minimum Gasteiger partial charge on any atom is -0.469 e. The Kier molecular flexibility index (Phi) is 9.73. The van der Waals surface area contributed by atoms with Crippen LogP contribution in [0.4, 0.5) is 28.8 Å². The number of thiophene rings is 1. The van der Waals surface area contributed by atoms with E-state index in [-0.39, 0.29) is 79.1 Å². The van der Waals surface area contributed by atoms with Crippen LogP contribution < -0.4 is 15.4 Å². The highest BCUT2D eigenvalue weighted by Crippen LogP contribution is 2.46. The van der Waals surface area contributed by atoms with Gasteiger partial charge >= 0.3 is 18.1 Å². The van der Waals surface area contributed by atoms with Gasteiger partial charge in [-0.2, -0.15) is 15.2 Å². The summed E-state index contributed by atoms with van der Waals surface area (Å²) in [5.74, 6) is -1.97. The normalized spacial score (nSPS) is 19.0. The number of halogens is 4. The van der Waals surface area contributed by atoms with E-state index < -0.39 is 41.0 Å². The number of nitrogens with one attached hydrogen (secondary N) is 2. The lowest BCUT2D eigenvalue weighted by molar-refractivity contribution is -0.140. The molecule has 0 spiro atoms. The molecule has 11 nitrogen and oxygen atoms in total. The Hall–Kier alpha value is -4.39. The molecule has 2 aromatic carbocycles. The fraction of sp³-hybridized carbons (Fsp3) is 0.441.